The molecule has 0 bridgehead atoms. The maximum Gasteiger partial charge on any atom is 0.239 e. The number of aliphatic hydroxyl groups is 1. The summed E-state index contributed by atoms with van der Waals surface area (Å²) in [5, 5.41) is 20.0. The number of halogens is 1. The predicted octanol–water partition coefficient (Wildman–Crippen LogP) is 2.15. The zero-order valence-corrected chi connectivity index (χ0v) is 9.14. The first-order chi connectivity index (χ1) is 6.52. The van der Waals surface area contributed by atoms with Crippen molar-refractivity contribution in [2.75, 3.05) is 0 Å². The van der Waals surface area contributed by atoms with Crippen LogP contribution in [0.15, 0.2) is 28.7 Å². The van der Waals surface area contributed by atoms with Crippen molar-refractivity contribution in [3.8, 4) is 0 Å². The van der Waals surface area contributed by atoms with Crippen LogP contribution >= 0.6 is 15.9 Å². The van der Waals surface area contributed by atoms with Crippen molar-refractivity contribution in [1.82, 2.24) is 0 Å². The van der Waals surface area contributed by atoms with Crippen LogP contribution < -0.4 is 0 Å². The Morgan fingerprint density at radius 1 is 1.43 bits per heavy atom. The Labute approximate surface area is 89.8 Å². The summed E-state index contributed by atoms with van der Waals surface area (Å²) in [6.07, 6.45) is -1.06. The third kappa shape index (κ3) is 2.52. The number of nitro groups is 1. The molecule has 0 aromatic heterocycles. The first-order valence-corrected chi connectivity index (χ1v) is 4.88. The van der Waals surface area contributed by atoms with E-state index in [0.717, 1.165) is 4.47 Å². The van der Waals surface area contributed by atoms with Crippen LogP contribution in [-0.4, -0.2) is 16.1 Å². The standard InChI is InChI=1S/C9H10BrNO3/c1-6(11(13)14)9(12)7-2-4-8(10)5-3-7/h2-6,9,12H,1H3/t6-,9-/m0/s1. The Morgan fingerprint density at radius 3 is 2.36 bits per heavy atom. The predicted molar refractivity (Wildman–Crippen MR) is 55.6 cm³/mol. The van der Waals surface area contributed by atoms with E-state index in [0.29, 0.717) is 5.56 Å². The fourth-order valence-electron chi connectivity index (χ4n) is 1.05. The third-order valence-electron chi connectivity index (χ3n) is 2.00. The molecule has 5 heteroatoms. The van der Waals surface area contributed by atoms with Crippen molar-refractivity contribution in [3.63, 3.8) is 0 Å². The number of nitrogens with zero attached hydrogens (tertiary/aromatic N) is 1. The Bertz CT molecular complexity index is 325. The minimum absolute atomic E-state index is 0.493. The van der Waals surface area contributed by atoms with Crippen molar-refractivity contribution in [3.05, 3.63) is 44.4 Å². The van der Waals surface area contributed by atoms with E-state index < -0.39 is 17.1 Å². The van der Waals surface area contributed by atoms with Crippen molar-refractivity contribution in [1.29, 1.82) is 0 Å². The van der Waals surface area contributed by atoms with Crippen molar-refractivity contribution in [2.24, 2.45) is 0 Å². The van der Waals surface area contributed by atoms with Crippen LogP contribution in [0.4, 0.5) is 0 Å². The number of hydrogen-bond acceptors (Lipinski definition) is 3. The lowest BCUT2D eigenvalue weighted by atomic mass is 10.0. The molecule has 0 heterocycles. The second-order valence-electron chi connectivity index (χ2n) is 3.02. The van der Waals surface area contributed by atoms with Crippen molar-refractivity contribution >= 4 is 15.9 Å². The molecule has 4 nitrogen and oxygen atoms in total. The van der Waals surface area contributed by atoms with Gasteiger partial charge in [-0.1, -0.05) is 28.1 Å². The molecule has 1 aromatic rings. The Kier molecular flexibility index (Phi) is 3.60. The Hall–Kier alpha value is -0.940. The van der Waals surface area contributed by atoms with Crippen LogP contribution in [0.3, 0.4) is 0 Å². The van der Waals surface area contributed by atoms with Gasteiger partial charge in [0, 0.05) is 16.3 Å². The van der Waals surface area contributed by atoms with Gasteiger partial charge in [-0.2, -0.15) is 0 Å². The first-order valence-electron chi connectivity index (χ1n) is 4.09. The van der Waals surface area contributed by atoms with Gasteiger partial charge in [0.05, 0.1) is 0 Å². The molecule has 0 aliphatic heterocycles. The molecule has 0 unspecified atom stereocenters. The minimum atomic E-state index is -1.06. The highest BCUT2D eigenvalue weighted by Gasteiger charge is 2.25. The van der Waals surface area contributed by atoms with E-state index in [1.54, 1.807) is 24.3 Å². The molecule has 1 N–H and O–H groups in total. The molecule has 0 radical (unpaired) electrons. The maximum atomic E-state index is 10.4. The van der Waals surface area contributed by atoms with E-state index in [9.17, 15) is 15.2 Å². The normalized spacial score (nSPS) is 14.8. The van der Waals surface area contributed by atoms with Gasteiger partial charge >= 0.3 is 0 Å². The molecule has 0 amide bonds. The molecule has 0 fully saturated rings. The van der Waals surface area contributed by atoms with E-state index in [2.05, 4.69) is 15.9 Å². The number of benzene rings is 1. The Morgan fingerprint density at radius 2 is 1.93 bits per heavy atom. The topological polar surface area (TPSA) is 63.4 Å². The summed E-state index contributed by atoms with van der Waals surface area (Å²) in [5.74, 6) is 0. The zero-order chi connectivity index (χ0) is 10.7. The number of rotatable bonds is 3. The fraction of sp³-hybridized carbons (Fsp3) is 0.333. The maximum absolute atomic E-state index is 10.4. The molecule has 0 aliphatic carbocycles. The molecule has 0 spiro atoms. The smallest absolute Gasteiger partial charge is 0.239 e. The quantitative estimate of drug-likeness (QED) is 0.669. The molecule has 0 saturated heterocycles. The summed E-state index contributed by atoms with van der Waals surface area (Å²) in [6, 6.07) is 5.82. The summed E-state index contributed by atoms with van der Waals surface area (Å²) < 4.78 is 0.877. The zero-order valence-electron chi connectivity index (χ0n) is 7.55. The van der Waals surface area contributed by atoms with Gasteiger partial charge in [0.1, 0.15) is 6.10 Å². The first kappa shape index (κ1) is 11.1. The second kappa shape index (κ2) is 4.52. The lowest BCUT2D eigenvalue weighted by Crippen LogP contribution is -2.23. The van der Waals surface area contributed by atoms with E-state index in [4.69, 9.17) is 0 Å². The highest BCUT2D eigenvalue weighted by molar-refractivity contribution is 9.10. The Balaban J connectivity index is 2.84. The second-order valence-corrected chi connectivity index (χ2v) is 3.94. The van der Waals surface area contributed by atoms with Crippen LogP contribution in [0.25, 0.3) is 0 Å². The molecule has 1 rings (SSSR count). The minimum Gasteiger partial charge on any atom is -0.381 e. The molecule has 0 saturated carbocycles. The van der Waals surface area contributed by atoms with Crippen LogP contribution in [0.5, 0.6) is 0 Å². The fourth-order valence-corrected chi connectivity index (χ4v) is 1.32. The van der Waals surface area contributed by atoms with Crippen molar-refractivity contribution < 1.29 is 10.0 Å². The van der Waals surface area contributed by atoms with Gasteiger partial charge in [0.25, 0.3) is 0 Å². The molecule has 1 aromatic carbocycles. The lowest BCUT2D eigenvalue weighted by molar-refractivity contribution is -0.531. The van der Waals surface area contributed by atoms with Gasteiger partial charge in [0.15, 0.2) is 0 Å². The SMILES string of the molecule is C[C@@H]([C@H](O)c1ccc(Br)cc1)[N+](=O)[O-]. The molecular formula is C9H10BrNO3. The van der Waals surface area contributed by atoms with Gasteiger partial charge in [-0.05, 0) is 17.7 Å². The van der Waals surface area contributed by atoms with Crippen LogP contribution in [0.2, 0.25) is 0 Å². The van der Waals surface area contributed by atoms with E-state index in [1.165, 1.54) is 6.92 Å². The highest BCUT2D eigenvalue weighted by atomic mass is 79.9. The average Bonchev–Trinajstić information content (AvgIpc) is 2.16. The summed E-state index contributed by atoms with van der Waals surface area (Å²) in [4.78, 5) is 9.92. The largest absolute Gasteiger partial charge is 0.381 e. The van der Waals surface area contributed by atoms with Crippen molar-refractivity contribution in [2.45, 2.75) is 19.1 Å². The molecule has 0 aliphatic rings. The van der Waals surface area contributed by atoms with Gasteiger partial charge in [-0.15, -0.1) is 0 Å². The van der Waals surface area contributed by atoms with Gasteiger partial charge < -0.3 is 5.11 Å². The number of aliphatic hydroxyl groups excluding tert-OH is 1. The van der Waals surface area contributed by atoms with E-state index in [-0.39, 0.29) is 0 Å². The average molecular weight is 260 g/mol. The van der Waals surface area contributed by atoms with Crippen LogP contribution in [0.1, 0.15) is 18.6 Å². The molecule has 14 heavy (non-hydrogen) atoms. The monoisotopic (exact) mass is 259 g/mol. The van der Waals surface area contributed by atoms with Gasteiger partial charge in [-0.25, -0.2) is 0 Å². The third-order valence-corrected chi connectivity index (χ3v) is 2.53. The van der Waals surface area contributed by atoms with E-state index >= 15 is 0 Å². The van der Waals surface area contributed by atoms with Crippen LogP contribution in [-0.2, 0) is 0 Å². The van der Waals surface area contributed by atoms with Gasteiger partial charge in [-0.3, -0.25) is 10.1 Å². The number of hydrogen-bond donors (Lipinski definition) is 1. The lowest BCUT2D eigenvalue weighted by Gasteiger charge is -2.12. The molecular weight excluding hydrogens is 250 g/mol. The van der Waals surface area contributed by atoms with Crippen LogP contribution in [0, 0.1) is 10.1 Å². The van der Waals surface area contributed by atoms with E-state index in [1.807, 2.05) is 0 Å². The highest BCUT2D eigenvalue weighted by Crippen LogP contribution is 2.20. The summed E-state index contributed by atoms with van der Waals surface area (Å²) in [7, 11) is 0. The molecule has 76 valence electrons. The molecule has 2 atom stereocenters. The summed E-state index contributed by atoms with van der Waals surface area (Å²) in [5.41, 5.74) is 0.553. The van der Waals surface area contributed by atoms with Gasteiger partial charge in [0.2, 0.25) is 6.04 Å². The summed E-state index contributed by atoms with van der Waals surface area (Å²) in [6.45, 7) is 1.38. The summed E-state index contributed by atoms with van der Waals surface area (Å²) >= 11 is 3.25.